The van der Waals surface area contributed by atoms with Gasteiger partial charge in [0.1, 0.15) is 11.6 Å². The fourth-order valence-corrected chi connectivity index (χ4v) is 4.05. The number of aromatic nitrogens is 2. The molecule has 0 unspecified atom stereocenters. The Balaban J connectivity index is 1.53. The van der Waals surface area contributed by atoms with Gasteiger partial charge in [0.2, 0.25) is 0 Å². The minimum Gasteiger partial charge on any atom is -0.393 e. The zero-order chi connectivity index (χ0) is 17.1. The summed E-state index contributed by atoms with van der Waals surface area (Å²) in [6, 6.07) is 12.6. The molecule has 5 nitrogen and oxygen atoms in total. The number of hydrogen-bond acceptors (Lipinski definition) is 5. The number of nitrogens with zero attached hydrogens (tertiary/aromatic N) is 3. The van der Waals surface area contributed by atoms with Gasteiger partial charge in [-0.05, 0) is 30.9 Å². The minimum absolute atomic E-state index is 0.170. The number of anilines is 1. The predicted octanol–water partition coefficient (Wildman–Crippen LogP) is 2.43. The van der Waals surface area contributed by atoms with Gasteiger partial charge in [0, 0.05) is 37.7 Å². The molecule has 0 spiro atoms. The molecule has 132 valence electrons. The molecule has 2 aliphatic rings. The number of benzene rings is 1. The van der Waals surface area contributed by atoms with Crippen LogP contribution in [0.2, 0.25) is 0 Å². The van der Waals surface area contributed by atoms with E-state index in [-0.39, 0.29) is 12.0 Å². The molecule has 2 saturated heterocycles. The summed E-state index contributed by atoms with van der Waals surface area (Å²) in [4.78, 5) is 11.6. The number of hydrogen-bond donors (Lipinski definition) is 1. The Bertz CT molecular complexity index is 694. The predicted molar refractivity (Wildman–Crippen MR) is 96.6 cm³/mol. The average Bonchev–Trinajstić information content (AvgIpc) is 3.13. The molecule has 1 aromatic heterocycles. The first-order chi connectivity index (χ1) is 12.3. The number of rotatable bonds is 4. The lowest BCUT2D eigenvalue weighted by molar-refractivity contribution is -0.0438. The first-order valence-corrected chi connectivity index (χ1v) is 9.19. The van der Waals surface area contributed by atoms with Crippen LogP contribution >= 0.6 is 0 Å². The average molecular weight is 339 g/mol. The molecule has 2 aliphatic heterocycles. The Kier molecular flexibility index (Phi) is 4.95. The number of ether oxygens (including phenoxy) is 1. The molecule has 1 aromatic carbocycles. The molecule has 0 saturated carbocycles. The Morgan fingerprint density at radius 2 is 2.04 bits per heavy atom. The van der Waals surface area contributed by atoms with Crippen molar-refractivity contribution in [3.8, 4) is 0 Å². The third kappa shape index (κ3) is 3.67. The van der Waals surface area contributed by atoms with Gasteiger partial charge in [-0.25, -0.2) is 9.97 Å². The van der Waals surface area contributed by atoms with Crippen LogP contribution in [0.25, 0.3) is 0 Å². The van der Waals surface area contributed by atoms with Gasteiger partial charge in [-0.2, -0.15) is 0 Å². The largest absolute Gasteiger partial charge is 0.393 e. The SMILES string of the molecule is O[C@@H]1CCOC[C@@H]1[C@H]1CCCN1c1ccnc(Cc2ccccc2)n1. The van der Waals surface area contributed by atoms with Gasteiger partial charge in [0.05, 0.1) is 12.7 Å². The highest BCUT2D eigenvalue weighted by atomic mass is 16.5. The van der Waals surface area contributed by atoms with Crippen LogP contribution < -0.4 is 4.90 Å². The van der Waals surface area contributed by atoms with E-state index in [1.165, 1.54) is 5.56 Å². The van der Waals surface area contributed by atoms with Crippen LogP contribution in [-0.2, 0) is 11.2 Å². The van der Waals surface area contributed by atoms with Crippen LogP contribution in [0.5, 0.6) is 0 Å². The van der Waals surface area contributed by atoms with Gasteiger partial charge in [0.25, 0.3) is 0 Å². The third-order valence-corrected chi connectivity index (χ3v) is 5.35. The lowest BCUT2D eigenvalue weighted by Crippen LogP contribution is -2.46. The lowest BCUT2D eigenvalue weighted by atomic mass is 9.89. The van der Waals surface area contributed by atoms with Crippen LogP contribution in [0.1, 0.15) is 30.7 Å². The number of aliphatic hydroxyl groups excluding tert-OH is 1. The van der Waals surface area contributed by atoms with E-state index in [9.17, 15) is 5.11 Å². The van der Waals surface area contributed by atoms with Gasteiger partial charge in [-0.3, -0.25) is 0 Å². The molecule has 25 heavy (non-hydrogen) atoms. The highest BCUT2D eigenvalue weighted by Crippen LogP contribution is 2.32. The van der Waals surface area contributed by atoms with Gasteiger partial charge in [-0.15, -0.1) is 0 Å². The van der Waals surface area contributed by atoms with Crippen LogP contribution in [0.15, 0.2) is 42.6 Å². The fourth-order valence-electron chi connectivity index (χ4n) is 4.05. The molecule has 1 N–H and O–H groups in total. The summed E-state index contributed by atoms with van der Waals surface area (Å²) in [6.07, 6.45) is 5.27. The van der Waals surface area contributed by atoms with E-state index in [4.69, 9.17) is 9.72 Å². The van der Waals surface area contributed by atoms with E-state index in [1.807, 2.05) is 30.5 Å². The Morgan fingerprint density at radius 3 is 2.88 bits per heavy atom. The molecule has 3 heterocycles. The topological polar surface area (TPSA) is 58.5 Å². The third-order valence-electron chi connectivity index (χ3n) is 5.35. The summed E-state index contributed by atoms with van der Waals surface area (Å²) in [5.74, 6) is 1.99. The van der Waals surface area contributed by atoms with Crippen molar-refractivity contribution in [3.05, 3.63) is 54.0 Å². The molecule has 0 aliphatic carbocycles. The molecular weight excluding hydrogens is 314 g/mol. The van der Waals surface area contributed by atoms with Crippen molar-refractivity contribution < 1.29 is 9.84 Å². The molecule has 5 heteroatoms. The zero-order valence-corrected chi connectivity index (χ0v) is 14.4. The van der Waals surface area contributed by atoms with E-state index in [0.717, 1.165) is 43.9 Å². The first kappa shape index (κ1) is 16.5. The maximum Gasteiger partial charge on any atom is 0.135 e. The normalized spacial score (nSPS) is 26.8. The summed E-state index contributed by atoms with van der Waals surface area (Å²) in [5.41, 5.74) is 1.22. The van der Waals surface area contributed by atoms with E-state index in [1.54, 1.807) is 0 Å². The molecule has 2 fully saturated rings. The quantitative estimate of drug-likeness (QED) is 0.927. The van der Waals surface area contributed by atoms with Gasteiger partial charge in [0.15, 0.2) is 0 Å². The Morgan fingerprint density at radius 1 is 1.16 bits per heavy atom. The van der Waals surface area contributed by atoms with Crippen LogP contribution in [0.3, 0.4) is 0 Å². The maximum absolute atomic E-state index is 10.4. The minimum atomic E-state index is -0.273. The molecular formula is C20H25N3O2. The van der Waals surface area contributed by atoms with E-state index in [2.05, 4.69) is 22.0 Å². The van der Waals surface area contributed by atoms with Gasteiger partial charge < -0.3 is 14.7 Å². The fraction of sp³-hybridized carbons (Fsp3) is 0.500. The highest BCUT2D eigenvalue weighted by Gasteiger charge is 2.38. The Hall–Kier alpha value is -1.98. The van der Waals surface area contributed by atoms with Crippen molar-refractivity contribution in [1.29, 1.82) is 0 Å². The summed E-state index contributed by atoms with van der Waals surface area (Å²) < 4.78 is 5.63. The second-order valence-corrected chi connectivity index (χ2v) is 6.99. The lowest BCUT2D eigenvalue weighted by Gasteiger charge is -2.37. The van der Waals surface area contributed by atoms with E-state index in [0.29, 0.717) is 19.3 Å². The van der Waals surface area contributed by atoms with Crippen molar-refractivity contribution in [2.75, 3.05) is 24.7 Å². The van der Waals surface area contributed by atoms with Crippen molar-refractivity contribution in [1.82, 2.24) is 9.97 Å². The number of aliphatic hydroxyl groups is 1. The van der Waals surface area contributed by atoms with Crippen molar-refractivity contribution in [2.45, 2.75) is 37.8 Å². The highest BCUT2D eigenvalue weighted by molar-refractivity contribution is 5.41. The maximum atomic E-state index is 10.4. The smallest absolute Gasteiger partial charge is 0.135 e. The second-order valence-electron chi connectivity index (χ2n) is 6.99. The molecule has 0 bridgehead atoms. The van der Waals surface area contributed by atoms with E-state index >= 15 is 0 Å². The van der Waals surface area contributed by atoms with E-state index < -0.39 is 0 Å². The zero-order valence-electron chi connectivity index (χ0n) is 14.4. The molecule has 0 amide bonds. The van der Waals surface area contributed by atoms with Gasteiger partial charge >= 0.3 is 0 Å². The van der Waals surface area contributed by atoms with Gasteiger partial charge in [-0.1, -0.05) is 30.3 Å². The van der Waals surface area contributed by atoms with Crippen LogP contribution in [0, 0.1) is 5.92 Å². The molecule has 0 radical (unpaired) electrons. The summed E-state index contributed by atoms with van der Waals surface area (Å²) in [6.45, 7) is 2.29. The summed E-state index contributed by atoms with van der Waals surface area (Å²) in [5, 5.41) is 10.4. The van der Waals surface area contributed by atoms with Crippen LogP contribution in [0.4, 0.5) is 5.82 Å². The first-order valence-electron chi connectivity index (χ1n) is 9.19. The summed E-state index contributed by atoms with van der Waals surface area (Å²) in [7, 11) is 0. The van der Waals surface area contributed by atoms with Crippen molar-refractivity contribution in [3.63, 3.8) is 0 Å². The van der Waals surface area contributed by atoms with Crippen LogP contribution in [-0.4, -0.2) is 47.0 Å². The Labute approximate surface area is 148 Å². The second kappa shape index (κ2) is 7.50. The molecule has 4 rings (SSSR count). The molecule has 3 atom stereocenters. The van der Waals surface area contributed by atoms with Crippen molar-refractivity contribution >= 4 is 5.82 Å². The molecule has 2 aromatic rings. The van der Waals surface area contributed by atoms with Crippen molar-refractivity contribution in [2.24, 2.45) is 5.92 Å². The summed E-state index contributed by atoms with van der Waals surface area (Å²) >= 11 is 0. The monoisotopic (exact) mass is 339 g/mol. The standard InChI is InChI=1S/C20H25N3O2/c24-18-9-12-25-14-16(18)17-7-4-11-23(17)20-8-10-21-19(22-20)13-15-5-2-1-3-6-15/h1-3,5-6,8,10,16-18,24H,4,7,9,11-14H2/t16-,17-,18-/m1/s1.